The first-order chi connectivity index (χ1) is 9.63. The van der Waals surface area contributed by atoms with Crippen LogP contribution in [0.25, 0.3) is 0 Å². The average molecular weight is 312 g/mol. The summed E-state index contributed by atoms with van der Waals surface area (Å²) in [4.78, 5) is -0.0512. The normalized spacial score (nSPS) is 12.6. The highest BCUT2D eigenvalue weighted by atomic mass is 32.2. The lowest BCUT2D eigenvalue weighted by molar-refractivity contribution is 0.567. The average Bonchev–Trinajstić information content (AvgIpc) is 2.94. The molecule has 2 rings (SSSR count). The van der Waals surface area contributed by atoms with Gasteiger partial charge in [-0.15, -0.1) is 0 Å². The first kappa shape index (κ1) is 15.4. The van der Waals surface area contributed by atoms with Crippen molar-refractivity contribution in [2.24, 2.45) is 0 Å². The van der Waals surface area contributed by atoms with Gasteiger partial charge in [0.05, 0.1) is 0 Å². The number of anilines is 2. The molecule has 21 heavy (non-hydrogen) atoms. The zero-order valence-electron chi connectivity index (χ0n) is 12.5. The van der Waals surface area contributed by atoms with Crippen molar-refractivity contribution >= 4 is 21.7 Å². The number of aryl methyl sites for hydroxylation is 1. The number of H-pyrrole nitrogens is 1. The summed E-state index contributed by atoms with van der Waals surface area (Å²) in [6.07, 6.45) is 1.40. The fourth-order valence-corrected chi connectivity index (χ4v) is 2.80. The van der Waals surface area contributed by atoms with Crippen LogP contribution < -0.4 is 10.5 Å². The van der Waals surface area contributed by atoms with E-state index in [4.69, 9.17) is 5.73 Å². The molecule has 0 aliphatic heterocycles. The molecule has 0 amide bonds. The van der Waals surface area contributed by atoms with Gasteiger partial charge in [-0.1, -0.05) is 20.8 Å². The minimum Gasteiger partial charge on any atom is -0.381 e. The summed E-state index contributed by atoms with van der Waals surface area (Å²) >= 11 is 0. The molecular weight excluding hydrogens is 292 g/mol. The number of aromatic amines is 1. The van der Waals surface area contributed by atoms with Gasteiger partial charge in [0.2, 0.25) is 0 Å². The molecule has 2 heterocycles. The van der Waals surface area contributed by atoms with Crippen LogP contribution >= 0.6 is 0 Å². The van der Waals surface area contributed by atoms with Crippen LogP contribution in [0.5, 0.6) is 0 Å². The fraction of sp³-hybridized carbons (Fsp3) is 0.500. The summed E-state index contributed by atoms with van der Waals surface area (Å²) in [7, 11) is -3.81. The number of nitrogens with two attached hydrogens (primary N) is 1. The molecule has 0 aliphatic carbocycles. The van der Waals surface area contributed by atoms with Gasteiger partial charge in [0.25, 0.3) is 10.0 Å². The molecule has 0 fully saturated rings. The molecule has 0 aromatic carbocycles. The molecule has 0 saturated heterocycles. The Kier molecular flexibility index (Phi) is 3.70. The van der Waals surface area contributed by atoms with Gasteiger partial charge in [0.15, 0.2) is 11.6 Å². The van der Waals surface area contributed by atoms with E-state index in [1.165, 1.54) is 10.9 Å². The van der Waals surface area contributed by atoms with E-state index in [-0.39, 0.29) is 21.9 Å². The second-order valence-electron chi connectivity index (χ2n) is 5.76. The van der Waals surface area contributed by atoms with Crippen molar-refractivity contribution in [2.45, 2.75) is 44.6 Å². The Labute approximate surface area is 123 Å². The third-order valence-corrected chi connectivity index (χ3v) is 4.36. The van der Waals surface area contributed by atoms with Crippen molar-refractivity contribution in [3.63, 3.8) is 0 Å². The van der Waals surface area contributed by atoms with Gasteiger partial charge < -0.3 is 5.73 Å². The van der Waals surface area contributed by atoms with Crippen LogP contribution in [0, 0.1) is 0 Å². The van der Waals surface area contributed by atoms with E-state index in [1.807, 2.05) is 27.7 Å². The highest BCUT2D eigenvalue weighted by Crippen LogP contribution is 2.24. The van der Waals surface area contributed by atoms with Crippen LogP contribution in [-0.2, 0) is 22.0 Å². The number of hydrogen-bond donors (Lipinski definition) is 3. The molecule has 2 aromatic heterocycles. The predicted molar refractivity (Wildman–Crippen MR) is 80.4 cm³/mol. The summed E-state index contributed by atoms with van der Waals surface area (Å²) in [6, 6.07) is 1.66. The number of sulfonamides is 1. The highest BCUT2D eigenvalue weighted by Gasteiger charge is 2.23. The van der Waals surface area contributed by atoms with E-state index < -0.39 is 10.0 Å². The Bertz CT molecular complexity index is 738. The quantitative estimate of drug-likeness (QED) is 0.786. The number of hydrogen-bond acceptors (Lipinski definition) is 5. The smallest absolute Gasteiger partial charge is 0.268 e. The van der Waals surface area contributed by atoms with E-state index in [0.717, 1.165) is 5.69 Å². The maximum absolute atomic E-state index is 12.3. The lowest BCUT2D eigenvalue weighted by Crippen LogP contribution is -2.14. The van der Waals surface area contributed by atoms with Gasteiger partial charge >= 0.3 is 0 Å². The maximum Gasteiger partial charge on any atom is 0.268 e. The lowest BCUT2D eigenvalue weighted by Gasteiger charge is -2.14. The zero-order valence-corrected chi connectivity index (χ0v) is 13.3. The number of nitrogen functional groups attached to an aromatic ring is 1. The first-order valence-corrected chi connectivity index (χ1v) is 8.03. The molecule has 0 spiro atoms. The Balaban J connectivity index is 2.29. The molecule has 0 bridgehead atoms. The van der Waals surface area contributed by atoms with Crippen molar-refractivity contribution < 1.29 is 8.42 Å². The summed E-state index contributed by atoms with van der Waals surface area (Å²) in [6.45, 7) is 8.39. The summed E-state index contributed by atoms with van der Waals surface area (Å²) < 4.78 is 28.5. The number of rotatable bonds is 4. The molecule has 116 valence electrons. The molecule has 0 saturated carbocycles. The largest absolute Gasteiger partial charge is 0.381 e. The molecular formula is C12H20N6O2S. The fourth-order valence-electron chi connectivity index (χ4n) is 1.74. The SMILES string of the molecule is CCn1cc(S(=O)(=O)Nc2cc(C(C)(C)C)[nH]n2)c(N)n1. The van der Waals surface area contributed by atoms with Crippen LogP contribution in [0.1, 0.15) is 33.4 Å². The van der Waals surface area contributed by atoms with E-state index >= 15 is 0 Å². The Hall–Kier alpha value is -2.03. The maximum atomic E-state index is 12.3. The van der Waals surface area contributed by atoms with Crippen LogP contribution in [-0.4, -0.2) is 28.4 Å². The number of aromatic nitrogens is 4. The van der Waals surface area contributed by atoms with Gasteiger partial charge in [-0.05, 0) is 6.92 Å². The van der Waals surface area contributed by atoms with E-state index in [0.29, 0.717) is 6.54 Å². The number of nitrogens with one attached hydrogen (secondary N) is 2. The molecule has 0 radical (unpaired) electrons. The highest BCUT2D eigenvalue weighted by molar-refractivity contribution is 7.92. The third-order valence-electron chi connectivity index (χ3n) is 2.99. The van der Waals surface area contributed by atoms with Crippen LogP contribution in [0.15, 0.2) is 17.2 Å². The van der Waals surface area contributed by atoms with Crippen molar-refractivity contribution in [2.75, 3.05) is 10.5 Å². The number of nitrogens with zero attached hydrogens (tertiary/aromatic N) is 3. The summed E-state index contributed by atoms with van der Waals surface area (Å²) in [5.41, 5.74) is 6.33. The van der Waals surface area contributed by atoms with Crippen LogP contribution in [0.4, 0.5) is 11.6 Å². The molecule has 4 N–H and O–H groups in total. The van der Waals surface area contributed by atoms with E-state index in [9.17, 15) is 8.42 Å². The van der Waals surface area contributed by atoms with E-state index in [2.05, 4.69) is 20.0 Å². The third kappa shape index (κ3) is 3.18. The van der Waals surface area contributed by atoms with Crippen LogP contribution in [0.3, 0.4) is 0 Å². The second kappa shape index (κ2) is 5.06. The first-order valence-electron chi connectivity index (χ1n) is 6.55. The minimum atomic E-state index is -3.81. The van der Waals surface area contributed by atoms with Crippen molar-refractivity contribution in [3.05, 3.63) is 18.0 Å². The second-order valence-corrected chi connectivity index (χ2v) is 7.41. The van der Waals surface area contributed by atoms with Crippen molar-refractivity contribution in [1.82, 2.24) is 20.0 Å². The molecule has 0 atom stereocenters. The Morgan fingerprint density at radius 3 is 2.57 bits per heavy atom. The van der Waals surface area contributed by atoms with Gasteiger partial charge in [0.1, 0.15) is 4.90 Å². The predicted octanol–water partition coefficient (Wildman–Crippen LogP) is 1.31. The Morgan fingerprint density at radius 2 is 2.10 bits per heavy atom. The monoisotopic (exact) mass is 312 g/mol. The van der Waals surface area contributed by atoms with E-state index in [1.54, 1.807) is 6.07 Å². The van der Waals surface area contributed by atoms with Crippen molar-refractivity contribution in [3.8, 4) is 0 Å². The molecule has 8 nitrogen and oxygen atoms in total. The molecule has 9 heteroatoms. The lowest BCUT2D eigenvalue weighted by atomic mass is 9.92. The van der Waals surface area contributed by atoms with Gasteiger partial charge in [-0.2, -0.15) is 10.2 Å². The zero-order chi connectivity index (χ0) is 15.8. The summed E-state index contributed by atoms with van der Waals surface area (Å²) in [5.74, 6) is 0.194. The van der Waals surface area contributed by atoms with Gasteiger partial charge in [-0.25, -0.2) is 8.42 Å². The standard InChI is InChI=1S/C12H20N6O2S/c1-5-18-7-8(11(13)16-18)21(19,20)17-10-6-9(14-15-10)12(2,3)4/h6-7H,5H2,1-4H3,(H2,13,16)(H2,14,15,17). The van der Waals surface area contributed by atoms with Gasteiger partial charge in [0, 0.05) is 29.9 Å². The van der Waals surface area contributed by atoms with Gasteiger partial charge in [-0.3, -0.25) is 14.5 Å². The Morgan fingerprint density at radius 1 is 1.43 bits per heavy atom. The topological polar surface area (TPSA) is 119 Å². The molecule has 0 unspecified atom stereocenters. The molecule has 2 aromatic rings. The summed E-state index contributed by atoms with van der Waals surface area (Å²) in [5, 5.41) is 10.7. The van der Waals surface area contributed by atoms with Crippen LogP contribution in [0.2, 0.25) is 0 Å². The minimum absolute atomic E-state index is 0.0315. The molecule has 0 aliphatic rings. The van der Waals surface area contributed by atoms with Crippen molar-refractivity contribution in [1.29, 1.82) is 0 Å².